The Bertz CT molecular complexity index is 1240. The van der Waals surface area contributed by atoms with Crippen LogP contribution in [0.5, 0.6) is 0 Å². The number of hydrogen-bond acceptors (Lipinski definition) is 4. The van der Waals surface area contributed by atoms with Crippen LogP contribution in [0.3, 0.4) is 0 Å². The van der Waals surface area contributed by atoms with Gasteiger partial charge < -0.3 is 4.57 Å². The van der Waals surface area contributed by atoms with Gasteiger partial charge in [-0.25, -0.2) is 31.7 Å². The van der Waals surface area contributed by atoms with E-state index in [0.29, 0.717) is 24.6 Å². The quantitative estimate of drug-likeness (QED) is 0.656. The van der Waals surface area contributed by atoms with E-state index in [0.717, 1.165) is 16.7 Å². The molecule has 0 radical (unpaired) electrons. The molecule has 1 aliphatic heterocycles. The molecule has 0 saturated carbocycles. The van der Waals surface area contributed by atoms with E-state index in [9.17, 15) is 17.2 Å². The lowest BCUT2D eigenvalue weighted by Crippen LogP contribution is -2.38. The molecule has 2 aliphatic rings. The molecule has 2 heterocycles. The molecule has 0 spiro atoms. The van der Waals surface area contributed by atoms with Gasteiger partial charge in [0.05, 0.1) is 10.9 Å². The second kappa shape index (κ2) is 9.31. The van der Waals surface area contributed by atoms with Crippen molar-refractivity contribution in [2.24, 2.45) is 5.14 Å². The number of rotatable bonds is 6. The van der Waals surface area contributed by atoms with Gasteiger partial charge in [0.2, 0.25) is 10.0 Å². The first-order valence-corrected chi connectivity index (χ1v) is 12.8. The zero-order valence-electron chi connectivity index (χ0n) is 19.3. The maximum absolute atomic E-state index is 15.1. The van der Waals surface area contributed by atoms with E-state index < -0.39 is 27.0 Å². The highest BCUT2D eigenvalue weighted by Crippen LogP contribution is 2.32. The number of nitrogens with two attached hydrogens (primary N) is 1. The number of piperidine rings is 1. The van der Waals surface area contributed by atoms with E-state index >= 15 is 4.39 Å². The Balaban J connectivity index is 1.66. The molecule has 4 rings (SSSR count). The smallest absolute Gasteiger partial charge is 0.250 e. The first-order chi connectivity index (χ1) is 15.9. The summed E-state index contributed by atoms with van der Waals surface area (Å²) in [6.07, 6.45) is 3.89. The zero-order valence-corrected chi connectivity index (χ0v) is 20.1. The van der Waals surface area contributed by atoms with E-state index in [4.69, 9.17) is 5.14 Å². The summed E-state index contributed by atoms with van der Waals surface area (Å²) in [5, 5.41) is 4.08. The molecule has 1 fully saturated rings. The first-order valence-electron chi connectivity index (χ1n) is 11.2. The summed E-state index contributed by atoms with van der Waals surface area (Å²) in [6, 6.07) is 6.10. The SMILES string of the molecule is Cc1ccc(C)c(Cn2cc(CN3CCC(F)(F)CC3)nc2C2=C(F)CC(S(N)(=O)=O)C=C2)c1. The lowest BCUT2D eigenvalue weighted by Gasteiger charge is -2.31. The monoisotopic (exact) mass is 494 g/mol. The van der Waals surface area contributed by atoms with Crippen molar-refractivity contribution in [3.8, 4) is 0 Å². The Morgan fingerprint density at radius 2 is 1.88 bits per heavy atom. The van der Waals surface area contributed by atoms with Gasteiger partial charge in [-0.15, -0.1) is 0 Å². The van der Waals surface area contributed by atoms with Crippen LogP contribution in [0, 0.1) is 13.8 Å². The van der Waals surface area contributed by atoms with Crippen LogP contribution < -0.4 is 5.14 Å². The van der Waals surface area contributed by atoms with Crippen LogP contribution in [0.15, 0.2) is 42.4 Å². The maximum Gasteiger partial charge on any atom is 0.250 e. The number of nitrogens with zero attached hydrogens (tertiary/aromatic N) is 3. The molecule has 34 heavy (non-hydrogen) atoms. The highest BCUT2D eigenvalue weighted by atomic mass is 32.2. The lowest BCUT2D eigenvalue weighted by molar-refractivity contribution is -0.0568. The maximum atomic E-state index is 15.1. The molecule has 1 aliphatic carbocycles. The number of aryl methyl sites for hydroxylation is 2. The number of hydrogen-bond donors (Lipinski definition) is 1. The van der Waals surface area contributed by atoms with Crippen molar-refractivity contribution < 1.29 is 21.6 Å². The van der Waals surface area contributed by atoms with Crippen LogP contribution >= 0.6 is 0 Å². The fraction of sp³-hybridized carbons (Fsp3) is 0.458. The van der Waals surface area contributed by atoms with Crippen molar-refractivity contribution in [1.82, 2.24) is 14.5 Å². The third kappa shape index (κ3) is 5.61. The molecule has 184 valence electrons. The minimum atomic E-state index is -3.91. The van der Waals surface area contributed by atoms with Gasteiger partial charge in [0.25, 0.3) is 5.92 Å². The van der Waals surface area contributed by atoms with E-state index in [1.807, 2.05) is 41.6 Å². The molecule has 6 nitrogen and oxygen atoms in total. The van der Waals surface area contributed by atoms with Crippen LogP contribution in [0.2, 0.25) is 0 Å². The van der Waals surface area contributed by atoms with Crippen LogP contribution in [0.4, 0.5) is 13.2 Å². The van der Waals surface area contributed by atoms with E-state index in [2.05, 4.69) is 11.1 Å². The normalized spacial score (nSPS) is 21.3. The summed E-state index contributed by atoms with van der Waals surface area (Å²) >= 11 is 0. The second-order valence-corrected chi connectivity index (χ2v) is 11.0. The molecule has 2 N–H and O–H groups in total. The summed E-state index contributed by atoms with van der Waals surface area (Å²) < 4.78 is 67.4. The average molecular weight is 495 g/mol. The summed E-state index contributed by atoms with van der Waals surface area (Å²) in [6.45, 7) is 5.34. The number of halogens is 3. The Hall–Kier alpha value is -2.43. The van der Waals surface area contributed by atoms with E-state index in [1.54, 1.807) is 0 Å². The molecule has 1 atom stereocenters. The van der Waals surface area contributed by atoms with Crippen molar-refractivity contribution in [3.05, 3.63) is 70.6 Å². The molecule has 2 aromatic rings. The average Bonchev–Trinajstić information content (AvgIpc) is 3.13. The largest absolute Gasteiger partial charge is 0.326 e. The Kier molecular flexibility index (Phi) is 6.76. The Morgan fingerprint density at radius 3 is 2.53 bits per heavy atom. The van der Waals surface area contributed by atoms with Crippen LogP contribution in [-0.2, 0) is 23.1 Å². The van der Waals surface area contributed by atoms with E-state index in [-0.39, 0.29) is 37.9 Å². The van der Waals surface area contributed by atoms with Crippen LogP contribution in [0.1, 0.15) is 47.5 Å². The van der Waals surface area contributed by atoms with Crippen LogP contribution in [-0.4, -0.2) is 47.1 Å². The number of imidazole rings is 1. The molecule has 1 aromatic carbocycles. The molecule has 1 saturated heterocycles. The number of primary sulfonamides is 1. The van der Waals surface area contributed by atoms with Gasteiger partial charge in [-0.1, -0.05) is 35.9 Å². The summed E-state index contributed by atoms with van der Waals surface area (Å²) in [7, 11) is -3.91. The third-order valence-corrected chi connectivity index (χ3v) is 7.63. The fourth-order valence-electron chi connectivity index (χ4n) is 4.37. The summed E-state index contributed by atoms with van der Waals surface area (Å²) in [5.41, 5.74) is 4.07. The summed E-state index contributed by atoms with van der Waals surface area (Å²) in [5.74, 6) is -2.86. The Labute approximate surface area is 198 Å². The zero-order chi connectivity index (χ0) is 24.7. The van der Waals surface area contributed by atoms with Gasteiger partial charge >= 0.3 is 0 Å². The first kappa shape index (κ1) is 24.7. The predicted molar refractivity (Wildman–Crippen MR) is 125 cm³/mol. The molecule has 1 aromatic heterocycles. The van der Waals surface area contributed by atoms with Crippen molar-refractivity contribution in [2.45, 2.75) is 57.4 Å². The van der Waals surface area contributed by atoms with Gasteiger partial charge in [0, 0.05) is 57.2 Å². The lowest BCUT2D eigenvalue weighted by atomic mass is 10.0. The number of aromatic nitrogens is 2. The minimum absolute atomic E-state index is 0.194. The second-order valence-electron chi connectivity index (χ2n) is 9.26. The van der Waals surface area contributed by atoms with Gasteiger partial charge in [-0.2, -0.15) is 0 Å². The Morgan fingerprint density at radius 1 is 1.18 bits per heavy atom. The molecule has 10 heteroatoms. The number of allylic oxidation sites excluding steroid dienone is 3. The molecule has 0 bridgehead atoms. The number of benzene rings is 1. The number of alkyl halides is 2. The molecule has 1 unspecified atom stereocenters. The minimum Gasteiger partial charge on any atom is -0.326 e. The molecule has 0 amide bonds. The van der Waals surface area contributed by atoms with Gasteiger partial charge in [-0.05, 0) is 25.0 Å². The molecular weight excluding hydrogens is 465 g/mol. The highest BCUT2D eigenvalue weighted by molar-refractivity contribution is 7.89. The van der Waals surface area contributed by atoms with Crippen molar-refractivity contribution >= 4 is 15.6 Å². The third-order valence-electron chi connectivity index (χ3n) is 6.46. The summed E-state index contributed by atoms with van der Waals surface area (Å²) in [4.78, 5) is 6.58. The number of likely N-dealkylation sites (tertiary alicyclic amines) is 1. The van der Waals surface area contributed by atoms with Crippen molar-refractivity contribution in [3.63, 3.8) is 0 Å². The predicted octanol–water partition coefficient (Wildman–Crippen LogP) is 4.08. The standard InChI is InChI=1S/C24H29F3N4O2S/c1-16-3-4-17(2)18(11-16)13-31-15-19(14-30-9-7-24(26,27)8-10-30)29-23(31)21-6-5-20(12-22(21)25)34(28,32)33/h3-6,11,15,20H,7-10,12-14H2,1-2H3,(H2,28,32,33). The van der Waals surface area contributed by atoms with Gasteiger partial charge in [0.1, 0.15) is 11.7 Å². The van der Waals surface area contributed by atoms with Crippen LogP contribution in [0.25, 0.3) is 5.57 Å². The molecular formula is C24H29F3N4O2S. The highest BCUT2D eigenvalue weighted by Gasteiger charge is 2.34. The fourth-order valence-corrected chi connectivity index (χ4v) is 5.05. The van der Waals surface area contributed by atoms with Gasteiger partial charge in [0.15, 0.2) is 0 Å². The number of sulfonamides is 1. The topological polar surface area (TPSA) is 81.2 Å². The van der Waals surface area contributed by atoms with Crippen molar-refractivity contribution in [1.29, 1.82) is 0 Å². The van der Waals surface area contributed by atoms with E-state index in [1.165, 1.54) is 12.2 Å². The van der Waals surface area contributed by atoms with Gasteiger partial charge in [-0.3, -0.25) is 4.90 Å². The van der Waals surface area contributed by atoms with Crippen molar-refractivity contribution in [2.75, 3.05) is 13.1 Å².